The fourth-order valence-corrected chi connectivity index (χ4v) is 1.11. The molecule has 0 aliphatic heterocycles. The van der Waals surface area contributed by atoms with Crippen LogP contribution in [0.5, 0.6) is 0 Å². The molecule has 0 aromatic rings. The second-order valence-corrected chi connectivity index (χ2v) is 3.16. The SMILES string of the molecule is CNCC(C=O)OCCCCCOC. The topological polar surface area (TPSA) is 47.6 Å². The number of likely N-dealkylation sites (N-methyl/N-ethyl adjacent to an activating group) is 1. The van der Waals surface area contributed by atoms with E-state index >= 15 is 0 Å². The second-order valence-electron chi connectivity index (χ2n) is 3.16. The summed E-state index contributed by atoms with van der Waals surface area (Å²) in [6, 6.07) is 0. The first-order valence-corrected chi connectivity index (χ1v) is 5.05. The zero-order valence-corrected chi connectivity index (χ0v) is 9.12. The molecule has 0 spiro atoms. The number of hydrogen-bond donors (Lipinski definition) is 1. The van der Waals surface area contributed by atoms with Gasteiger partial charge < -0.3 is 19.6 Å². The van der Waals surface area contributed by atoms with Crippen LogP contribution in [-0.2, 0) is 14.3 Å². The Morgan fingerprint density at radius 3 is 2.57 bits per heavy atom. The zero-order chi connectivity index (χ0) is 10.6. The van der Waals surface area contributed by atoms with Gasteiger partial charge in [-0.1, -0.05) is 0 Å². The highest BCUT2D eigenvalue weighted by Gasteiger charge is 2.04. The normalized spacial score (nSPS) is 12.7. The fourth-order valence-electron chi connectivity index (χ4n) is 1.11. The summed E-state index contributed by atoms with van der Waals surface area (Å²) in [5.74, 6) is 0. The fraction of sp³-hybridized carbons (Fsp3) is 0.900. The third-order valence-electron chi connectivity index (χ3n) is 1.88. The van der Waals surface area contributed by atoms with Crippen molar-refractivity contribution in [2.45, 2.75) is 25.4 Å². The minimum Gasteiger partial charge on any atom is -0.385 e. The number of methoxy groups -OCH3 is 1. The average Bonchev–Trinajstić information content (AvgIpc) is 2.21. The van der Waals surface area contributed by atoms with E-state index in [0.717, 1.165) is 32.2 Å². The summed E-state index contributed by atoms with van der Waals surface area (Å²) < 4.78 is 10.3. The van der Waals surface area contributed by atoms with Crippen molar-refractivity contribution in [1.82, 2.24) is 5.32 Å². The third-order valence-corrected chi connectivity index (χ3v) is 1.88. The number of aldehydes is 1. The van der Waals surface area contributed by atoms with Crippen molar-refractivity contribution in [1.29, 1.82) is 0 Å². The molecule has 0 heterocycles. The molecule has 0 fully saturated rings. The van der Waals surface area contributed by atoms with Crippen molar-refractivity contribution in [2.75, 3.05) is 33.9 Å². The molecule has 0 radical (unpaired) electrons. The van der Waals surface area contributed by atoms with Crippen LogP contribution >= 0.6 is 0 Å². The Morgan fingerprint density at radius 1 is 1.29 bits per heavy atom. The van der Waals surface area contributed by atoms with Gasteiger partial charge in [-0.2, -0.15) is 0 Å². The van der Waals surface area contributed by atoms with Crippen molar-refractivity contribution < 1.29 is 14.3 Å². The van der Waals surface area contributed by atoms with E-state index in [1.165, 1.54) is 0 Å². The summed E-state index contributed by atoms with van der Waals surface area (Å²) in [5.41, 5.74) is 0. The molecule has 4 heteroatoms. The standard InChI is InChI=1S/C10H21NO3/c1-11-8-10(9-12)14-7-5-3-4-6-13-2/h9-11H,3-8H2,1-2H3. The Balaban J connectivity index is 3.20. The van der Waals surface area contributed by atoms with E-state index in [4.69, 9.17) is 9.47 Å². The molecule has 14 heavy (non-hydrogen) atoms. The Morgan fingerprint density at radius 2 is 2.00 bits per heavy atom. The van der Waals surface area contributed by atoms with Gasteiger partial charge in [-0.05, 0) is 26.3 Å². The lowest BCUT2D eigenvalue weighted by molar-refractivity contribution is -0.117. The molecule has 0 aromatic carbocycles. The smallest absolute Gasteiger partial charge is 0.150 e. The van der Waals surface area contributed by atoms with Gasteiger partial charge in [0.2, 0.25) is 0 Å². The van der Waals surface area contributed by atoms with E-state index in [1.807, 2.05) is 0 Å². The van der Waals surface area contributed by atoms with Crippen LogP contribution in [0.25, 0.3) is 0 Å². The maximum atomic E-state index is 10.5. The van der Waals surface area contributed by atoms with E-state index in [0.29, 0.717) is 13.2 Å². The molecule has 1 unspecified atom stereocenters. The number of carbonyl (C=O) groups excluding carboxylic acids is 1. The molecule has 0 bridgehead atoms. The first-order chi connectivity index (χ1) is 6.85. The molecular formula is C10H21NO3. The molecule has 0 aromatic heterocycles. The van der Waals surface area contributed by atoms with Gasteiger partial charge in [0.1, 0.15) is 12.4 Å². The maximum absolute atomic E-state index is 10.5. The van der Waals surface area contributed by atoms with Gasteiger partial charge in [0, 0.05) is 26.9 Å². The maximum Gasteiger partial charge on any atom is 0.150 e. The van der Waals surface area contributed by atoms with Gasteiger partial charge >= 0.3 is 0 Å². The number of unbranched alkanes of at least 4 members (excludes halogenated alkanes) is 2. The van der Waals surface area contributed by atoms with Crippen LogP contribution in [0.2, 0.25) is 0 Å². The van der Waals surface area contributed by atoms with Gasteiger partial charge in [0.25, 0.3) is 0 Å². The first kappa shape index (κ1) is 13.5. The van der Waals surface area contributed by atoms with Crippen molar-refractivity contribution >= 4 is 6.29 Å². The van der Waals surface area contributed by atoms with E-state index in [-0.39, 0.29) is 6.10 Å². The van der Waals surface area contributed by atoms with Crippen LogP contribution in [0.3, 0.4) is 0 Å². The van der Waals surface area contributed by atoms with Crippen LogP contribution in [0.4, 0.5) is 0 Å². The highest BCUT2D eigenvalue weighted by Crippen LogP contribution is 1.97. The molecule has 4 nitrogen and oxygen atoms in total. The summed E-state index contributed by atoms with van der Waals surface area (Å²) in [6.45, 7) is 2.03. The van der Waals surface area contributed by atoms with Crippen molar-refractivity contribution in [3.63, 3.8) is 0 Å². The monoisotopic (exact) mass is 203 g/mol. The third kappa shape index (κ3) is 8.16. The molecule has 1 atom stereocenters. The summed E-state index contributed by atoms with van der Waals surface area (Å²) >= 11 is 0. The van der Waals surface area contributed by atoms with Crippen molar-refractivity contribution in [2.24, 2.45) is 0 Å². The van der Waals surface area contributed by atoms with E-state index < -0.39 is 0 Å². The molecule has 0 saturated heterocycles. The van der Waals surface area contributed by atoms with E-state index in [2.05, 4.69) is 5.32 Å². The number of hydrogen-bond acceptors (Lipinski definition) is 4. The molecule has 0 amide bonds. The first-order valence-electron chi connectivity index (χ1n) is 5.05. The highest BCUT2D eigenvalue weighted by atomic mass is 16.5. The predicted molar refractivity (Wildman–Crippen MR) is 55.5 cm³/mol. The van der Waals surface area contributed by atoms with Gasteiger partial charge in [0.15, 0.2) is 0 Å². The van der Waals surface area contributed by atoms with Crippen LogP contribution in [0.1, 0.15) is 19.3 Å². The second kappa shape index (κ2) is 10.6. The lowest BCUT2D eigenvalue weighted by atomic mass is 10.2. The van der Waals surface area contributed by atoms with Gasteiger partial charge in [0.05, 0.1) is 0 Å². The predicted octanol–water partition coefficient (Wildman–Crippen LogP) is 0.607. The number of rotatable bonds is 10. The molecule has 0 rings (SSSR count). The average molecular weight is 203 g/mol. The lowest BCUT2D eigenvalue weighted by Crippen LogP contribution is -2.28. The van der Waals surface area contributed by atoms with Crippen molar-refractivity contribution in [3.05, 3.63) is 0 Å². The minimum absolute atomic E-state index is 0.303. The van der Waals surface area contributed by atoms with Crippen LogP contribution in [-0.4, -0.2) is 46.3 Å². The minimum atomic E-state index is -0.303. The zero-order valence-electron chi connectivity index (χ0n) is 9.12. The number of nitrogens with one attached hydrogen (secondary N) is 1. The molecule has 1 N–H and O–H groups in total. The van der Waals surface area contributed by atoms with Gasteiger partial charge in [-0.3, -0.25) is 0 Å². The Hall–Kier alpha value is -0.450. The van der Waals surface area contributed by atoms with Crippen LogP contribution in [0, 0.1) is 0 Å². The Labute approximate surface area is 86.0 Å². The number of carbonyl (C=O) groups is 1. The van der Waals surface area contributed by atoms with Crippen LogP contribution < -0.4 is 5.32 Å². The molecule has 84 valence electrons. The van der Waals surface area contributed by atoms with Gasteiger partial charge in [-0.25, -0.2) is 0 Å². The van der Waals surface area contributed by atoms with Gasteiger partial charge in [-0.15, -0.1) is 0 Å². The molecular weight excluding hydrogens is 182 g/mol. The number of ether oxygens (including phenoxy) is 2. The highest BCUT2D eigenvalue weighted by molar-refractivity contribution is 5.56. The summed E-state index contributed by atoms with van der Waals surface area (Å²) in [6.07, 6.45) is 3.65. The largest absolute Gasteiger partial charge is 0.385 e. The quantitative estimate of drug-likeness (QED) is 0.417. The van der Waals surface area contributed by atoms with Crippen molar-refractivity contribution in [3.8, 4) is 0 Å². The molecule has 0 aliphatic carbocycles. The molecule has 0 saturated carbocycles. The molecule has 0 aliphatic rings. The summed E-state index contributed by atoms with van der Waals surface area (Å²) in [7, 11) is 3.50. The van der Waals surface area contributed by atoms with Crippen LogP contribution in [0.15, 0.2) is 0 Å². The summed E-state index contributed by atoms with van der Waals surface area (Å²) in [5, 5.41) is 2.90. The Bertz CT molecular complexity index is 131. The van der Waals surface area contributed by atoms with E-state index in [9.17, 15) is 4.79 Å². The summed E-state index contributed by atoms with van der Waals surface area (Å²) in [4.78, 5) is 10.5. The Kier molecular flexibility index (Phi) is 10.3. The lowest BCUT2D eigenvalue weighted by Gasteiger charge is -2.10. The van der Waals surface area contributed by atoms with E-state index in [1.54, 1.807) is 14.2 Å².